The maximum Gasteiger partial charge on any atom is 0.185 e. The van der Waals surface area contributed by atoms with Crippen LogP contribution in [0.2, 0.25) is 0 Å². The summed E-state index contributed by atoms with van der Waals surface area (Å²) in [4.78, 5) is 16.5. The molecule has 0 aliphatic heterocycles. The van der Waals surface area contributed by atoms with Gasteiger partial charge in [0.05, 0.1) is 5.69 Å². The highest BCUT2D eigenvalue weighted by atomic mass is 16.3. The van der Waals surface area contributed by atoms with E-state index < -0.39 is 0 Å². The quantitative estimate of drug-likeness (QED) is 0.582. The van der Waals surface area contributed by atoms with E-state index in [0.717, 1.165) is 10.9 Å². The first-order valence-electron chi connectivity index (χ1n) is 7.01. The highest BCUT2D eigenvalue weighted by Crippen LogP contribution is 2.22. The number of hydrogen-bond acceptors (Lipinski definition) is 3. The second-order valence-electron chi connectivity index (χ2n) is 5.15. The first-order valence-corrected chi connectivity index (χ1v) is 7.01. The van der Waals surface area contributed by atoms with Gasteiger partial charge in [0.1, 0.15) is 11.3 Å². The number of phenols is 1. The molecule has 0 aliphatic carbocycles. The Morgan fingerprint density at radius 2 is 1.82 bits per heavy atom. The largest absolute Gasteiger partial charge is 0.506 e. The fraction of sp³-hybridized carbons (Fsp3) is 0.0526. The van der Waals surface area contributed by atoms with Gasteiger partial charge in [0, 0.05) is 10.9 Å². The van der Waals surface area contributed by atoms with E-state index in [4.69, 9.17) is 0 Å². The van der Waals surface area contributed by atoms with Crippen LogP contribution in [0.5, 0.6) is 5.75 Å². The van der Waals surface area contributed by atoms with E-state index in [-0.39, 0.29) is 11.5 Å². The summed E-state index contributed by atoms with van der Waals surface area (Å²) in [5.74, 6) is 0.0665. The molecule has 1 heterocycles. The average Bonchev–Trinajstić information content (AvgIpc) is 2.54. The number of carbonyl (C=O) groups excluding carboxylic acids is 1. The predicted octanol–water partition coefficient (Wildman–Crippen LogP) is 4.14. The molecule has 108 valence electrons. The van der Waals surface area contributed by atoms with E-state index in [2.05, 4.69) is 4.98 Å². The van der Waals surface area contributed by atoms with Gasteiger partial charge in [-0.2, -0.15) is 0 Å². The molecule has 3 heteroatoms. The van der Waals surface area contributed by atoms with Crippen molar-refractivity contribution in [1.82, 2.24) is 4.98 Å². The number of carbonyl (C=O) groups is 1. The van der Waals surface area contributed by atoms with Crippen molar-refractivity contribution in [2.75, 3.05) is 0 Å². The summed E-state index contributed by atoms with van der Waals surface area (Å²) >= 11 is 0. The molecule has 3 nitrogen and oxygen atoms in total. The van der Waals surface area contributed by atoms with Crippen molar-refractivity contribution in [3.8, 4) is 5.75 Å². The van der Waals surface area contributed by atoms with Crippen LogP contribution in [0.25, 0.3) is 17.0 Å². The number of ketones is 1. The molecule has 1 aromatic heterocycles. The minimum Gasteiger partial charge on any atom is -0.506 e. The third-order valence-electron chi connectivity index (χ3n) is 3.46. The van der Waals surface area contributed by atoms with Gasteiger partial charge in [-0.1, -0.05) is 48.0 Å². The molecule has 3 rings (SSSR count). The van der Waals surface area contributed by atoms with E-state index in [9.17, 15) is 9.90 Å². The van der Waals surface area contributed by atoms with Gasteiger partial charge in [-0.25, -0.2) is 4.98 Å². The minimum atomic E-state index is -0.0702. The molecule has 0 atom stereocenters. The Labute approximate surface area is 128 Å². The smallest absolute Gasteiger partial charge is 0.185 e. The zero-order chi connectivity index (χ0) is 15.5. The SMILES string of the molecule is Cc1ccc(C(=O)C=Cc2ccc3cccc(O)c3n2)cc1. The third-order valence-corrected chi connectivity index (χ3v) is 3.46. The zero-order valence-corrected chi connectivity index (χ0v) is 12.2. The molecule has 0 aliphatic rings. The van der Waals surface area contributed by atoms with Gasteiger partial charge in [-0.15, -0.1) is 0 Å². The Kier molecular flexibility index (Phi) is 3.71. The molecule has 0 radical (unpaired) electrons. The fourth-order valence-corrected chi connectivity index (χ4v) is 2.21. The van der Waals surface area contributed by atoms with Gasteiger partial charge in [-0.3, -0.25) is 4.79 Å². The third kappa shape index (κ3) is 2.88. The van der Waals surface area contributed by atoms with Crippen LogP contribution in [0.1, 0.15) is 21.6 Å². The van der Waals surface area contributed by atoms with Crippen molar-refractivity contribution < 1.29 is 9.90 Å². The van der Waals surface area contributed by atoms with Gasteiger partial charge in [0.15, 0.2) is 5.78 Å². The number of para-hydroxylation sites is 1. The Morgan fingerprint density at radius 3 is 2.59 bits per heavy atom. The number of aryl methyl sites for hydroxylation is 1. The summed E-state index contributed by atoms with van der Waals surface area (Å²) in [6.07, 6.45) is 3.16. The molecule has 3 aromatic rings. The molecular formula is C19H15NO2. The van der Waals surface area contributed by atoms with Crippen molar-refractivity contribution in [2.45, 2.75) is 6.92 Å². The number of rotatable bonds is 3. The van der Waals surface area contributed by atoms with Crippen molar-refractivity contribution in [3.05, 3.63) is 77.5 Å². The van der Waals surface area contributed by atoms with Gasteiger partial charge < -0.3 is 5.11 Å². The number of aromatic nitrogens is 1. The number of pyridine rings is 1. The van der Waals surface area contributed by atoms with Crippen LogP contribution in [-0.4, -0.2) is 15.9 Å². The van der Waals surface area contributed by atoms with E-state index in [0.29, 0.717) is 16.8 Å². The first-order chi connectivity index (χ1) is 10.6. The summed E-state index contributed by atoms with van der Waals surface area (Å²) in [6.45, 7) is 1.98. The van der Waals surface area contributed by atoms with E-state index in [1.54, 1.807) is 18.2 Å². The number of hydrogen-bond donors (Lipinski definition) is 1. The van der Waals surface area contributed by atoms with Crippen molar-refractivity contribution in [1.29, 1.82) is 0 Å². The molecule has 1 N–H and O–H groups in total. The first kappa shape index (κ1) is 14.0. The maximum absolute atomic E-state index is 12.1. The lowest BCUT2D eigenvalue weighted by molar-refractivity contribution is 0.104. The molecule has 0 saturated heterocycles. The van der Waals surface area contributed by atoms with E-state index >= 15 is 0 Å². The number of nitrogens with zero attached hydrogens (tertiary/aromatic N) is 1. The molecule has 0 unspecified atom stereocenters. The van der Waals surface area contributed by atoms with Crippen molar-refractivity contribution in [2.24, 2.45) is 0 Å². The molecule has 2 aromatic carbocycles. The Balaban J connectivity index is 1.87. The number of allylic oxidation sites excluding steroid dienone is 1. The van der Waals surface area contributed by atoms with E-state index in [1.165, 1.54) is 6.08 Å². The number of aromatic hydroxyl groups is 1. The van der Waals surface area contributed by atoms with Crippen LogP contribution < -0.4 is 0 Å². The Hall–Kier alpha value is -2.94. The van der Waals surface area contributed by atoms with Crippen molar-refractivity contribution >= 4 is 22.8 Å². The molecule has 0 saturated carbocycles. The topological polar surface area (TPSA) is 50.2 Å². The van der Waals surface area contributed by atoms with Crippen LogP contribution in [0, 0.1) is 6.92 Å². The van der Waals surface area contributed by atoms with Gasteiger partial charge in [0.25, 0.3) is 0 Å². The van der Waals surface area contributed by atoms with E-state index in [1.807, 2.05) is 49.4 Å². The van der Waals surface area contributed by atoms with Crippen LogP contribution >= 0.6 is 0 Å². The second-order valence-corrected chi connectivity index (χ2v) is 5.15. The molecule has 0 fully saturated rings. The van der Waals surface area contributed by atoms with Gasteiger partial charge in [0.2, 0.25) is 0 Å². The Bertz CT molecular complexity index is 864. The van der Waals surface area contributed by atoms with Crippen LogP contribution in [0.4, 0.5) is 0 Å². The molecule has 22 heavy (non-hydrogen) atoms. The standard InChI is InChI=1S/C19H15NO2/c1-13-5-7-14(8-6-13)17(21)12-11-16-10-9-15-3-2-4-18(22)19(15)20-16/h2-12,22H,1H3. The molecular weight excluding hydrogens is 274 g/mol. The summed E-state index contributed by atoms with van der Waals surface area (Å²) in [7, 11) is 0. The summed E-state index contributed by atoms with van der Waals surface area (Å²) < 4.78 is 0. The van der Waals surface area contributed by atoms with Crippen molar-refractivity contribution in [3.63, 3.8) is 0 Å². The molecule has 0 bridgehead atoms. The normalized spacial score (nSPS) is 11.1. The van der Waals surface area contributed by atoms with Crippen LogP contribution in [-0.2, 0) is 0 Å². The predicted molar refractivity (Wildman–Crippen MR) is 88.0 cm³/mol. The van der Waals surface area contributed by atoms with Crippen LogP contribution in [0.3, 0.4) is 0 Å². The Morgan fingerprint density at radius 1 is 1.05 bits per heavy atom. The minimum absolute atomic E-state index is 0.0702. The number of benzene rings is 2. The van der Waals surface area contributed by atoms with Gasteiger partial charge in [-0.05, 0) is 31.2 Å². The molecule has 0 amide bonds. The maximum atomic E-state index is 12.1. The lowest BCUT2D eigenvalue weighted by Crippen LogP contribution is -1.94. The summed E-state index contributed by atoms with van der Waals surface area (Å²) in [6, 6.07) is 16.4. The van der Waals surface area contributed by atoms with Gasteiger partial charge >= 0.3 is 0 Å². The monoisotopic (exact) mass is 289 g/mol. The number of phenolic OH excluding ortho intramolecular Hbond substituents is 1. The lowest BCUT2D eigenvalue weighted by Gasteiger charge is -2.01. The highest BCUT2D eigenvalue weighted by Gasteiger charge is 2.03. The highest BCUT2D eigenvalue weighted by molar-refractivity contribution is 6.06. The zero-order valence-electron chi connectivity index (χ0n) is 12.2. The number of fused-ring (bicyclic) bond motifs is 1. The average molecular weight is 289 g/mol. The lowest BCUT2D eigenvalue weighted by atomic mass is 10.1. The molecule has 0 spiro atoms. The summed E-state index contributed by atoms with van der Waals surface area (Å²) in [5, 5.41) is 10.7. The summed E-state index contributed by atoms with van der Waals surface area (Å²) in [5.41, 5.74) is 2.93. The fourth-order valence-electron chi connectivity index (χ4n) is 2.21. The van der Waals surface area contributed by atoms with Crippen LogP contribution in [0.15, 0.2) is 60.7 Å². The second kappa shape index (κ2) is 5.82.